The van der Waals surface area contributed by atoms with Crippen LogP contribution in [0, 0.1) is 12.8 Å². The van der Waals surface area contributed by atoms with Crippen molar-refractivity contribution in [1.82, 2.24) is 4.98 Å². The summed E-state index contributed by atoms with van der Waals surface area (Å²) in [7, 11) is 0. The number of nitrogens with zero attached hydrogens (tertiary/aromatic N) is 1. The van der Waals surface area contributed by atoms with Crippen molar-refractivity contribution < 1.29 is 9.84 Å². The third kappa shape index (κ3) is 1.79. The molecule has 0 spiro atoms. The predicted molar refractivity (Wildman–Crippen MR) is 52.9 cm³/mol. The zero-order valence-electron chi connectivity index (χ0n) is 8.31. The van der Waals surface area contributed by atoms with Crippen LogP contribution >= 0.6 is 0 Å². The first kappa shape index (κ1) is 9.62. The number of aliphatic hydroxyl groups is 1. The highest BCUT2D eigenvalue weighted by Gasteiger charge is 2.26. The topological polar surface area (TPSA) is 42.4 Å². The molecule has 1 aliphatic rings. The number of ether oxygens (including phenoxy) is 1. The lowest BCUT2D eigenvalue weighted by Gasteiger charge is -2.17. The average molecular weight is 193 g/mol. The van der Waals surface area contributed by atoms with E-state index in [0.29, 0.717) is 6.61 Å². The average Bonchev–Trinajstić information content (AvgIpc) is 2.70. The Morgan fingerprint density at radius 3 is 3.14 bits per heavy atom. The first-order valence-electron chi connectivity index (χ1n) is 4.95. The van der Waals surface area contributed by atoms with Gasteiger partial charge in [0.25, 0.3) is 0 Å². The molecule has 14 heavy (non-hydrogen) atoms. The van der Waals surface area contributed by atoms with Crippen LogP contribution in [0.25, 0.3) is 0 Å². The third-order valence-electron chi connectivity index (χ3n) is 2.81. The summed E-state index contributed by atoms with van der Waals surface area (Å²) >= 11 is 0. The number of aliphatic hydroxyl groups excluding tert-OH is 1. The van der Waals surface area contributed by atoms with Crippen LogP contribution in [0.15, 0.2) is 18.5 Å². The Bertz CT molecular complexity index is 308. The molecule has 2 rings (SSSR count). The van der Waals surface area contributed by atoms with Gasteiger partial charge in [0.15, 0.2) is 0 Å². The van der Waals surface area contributed by atoms with Crippen molar-refractivity contribution in [3.8, 4) is 0 Å². The normalized spacial score (nSPS) is 23.7. The summed E-state index contributed by atoms with van der Waals surface area (Å²) in [6, 6.07) is 1.92. The van der Waals surface area contributed by atoms with Crippen molar-refractivity contribution in [3.05, 3.63) is 29.6 Å². The van der Waals surface area contributed by atoms with Crippen LogP contribution in [0.1, 0.15) is 23.7 Å². The van der Waals surface area contributed by atoms with E-state index in [9.17, 15) is 5.11 Å². The third-order valence-corrected chi connectivity index (χ3v) is 2.81. The molecule has 1 aromatic heterocycles. The Labute approximate surface area is 83.7 Å². The van der Waals surface area contributed by atoms with E-state index >= 15 is 0 Å². The van der Waals surface area contributed by atoms with E-state index in [-0.39, 0.29) is 5.92 Å². The summed E-state index contributed by atoms with van der Waals surface area (Å²) in [6.07, 6.45) is 4.01. The highest BCUT2D eigenvalue weighted by molar-refractivity contribution is 5.24. The van der Waals surface area contributed by atoms with Crippen LogP contribution < -0.4 is 0 Å². The monoisotopic (exact) mass is 193 g/mol. The quantitative estimate of drug-likeness (QED) is 0.773. The molecule has 1 saturated heterocycles. The van der Waals surface area contributed by atoms with Gasteiger partial charge in [0.2, 0.25) is 0 Å². The van der Waals surface area contributed by atoms with E-state index in [0.717, 1.165) is 24.2 Å². The SMILES string of the molecule is Cc1ccncc1C(O)C1CCOC1. The van der Waals surface area contributed by atoms with Crippen molar-refractivity contribution in [2.75, 3.05) is 13.2 Å². The maximum absolute atomic E-state index is 10.1. The van der Waals surface area contributed by atoms with E-state index in [1.165, 1.54) is 0 Å². The molecule has 0 aromatic carbocycles. The molecule has 2 unspecified atom stereocenters. The molecule has 0 aliphatic carbocycles. The molecule has 1 fully saturated rings. The predicted octanol–water partition coefficient (Wildman–Crippen LogP) is 1.46. The first-order valence-corrected chi connectivity index (χ1v) is 4.95. The van der Waals surface area contributed by atoms with Gasteiger partial charge in [-0.3, -0.25) is 4.98 Å². The minimum Gasteiger partial charge on any atom is -0.388 e. The molecule has 1 aromatic rings. The number of rotatable bonds is 2. The van der Waals surface area contributed by atoms with Crippen LogP contribution in [0.2, 0.25) is 0 Å². The summed E-state index contributed by atoms with van der Waals surface area (Å²) in [6.45, 7) is 3.42. The summed E-state index contributed by atoms with van der Waals surface area (Å²) < 4.78 is 5.26. The molecule has 2 heterocycles. The van der Waals surface area contributed by atoms with Gasteiger partial charge >= 0.3 is 0 Å². The minimum atomic E-state index is -0.425. The van der Waals surface area contributed by atoms with E-state index in [4.69, 9.17) is 4.74 Å². The van der Waals surface area contributed by atoms with Gasteiger partial charge in [-0.05, 0) is 25.0 Å². The van der Waals surface area contributed by atoms with Crippen molar-refractivity contribution in [1.29, 1.82) is 0 Å². The fraction of sp³-hybridized carbons (Fsp3) is 0.545. The van der Waals surface area contributed by atoms with Crippen molar-refractivity contribution >= 4 is 0 Å². The molecule has 0 bridgehead atoms. The maximum Gasteiger partial charge on any atom is 0.0858 e. The number of hydrogen-bond donors (Lipinski definition) is 1. The van der Waals surface area contributed by atoms with Crippen LogP contribution in [0.5, 0.6) is 0 Å². The Morgan fingerprint density at radius 2 is 2.50 bits per heavy atom. The fourth-order valence-corrected chi connectivity index (χ4v) is 1.84. The Balaban J connectivity index is 2.17. The first-order chi connectivity index (χ1) is 6.79. The largest absolute Gasteiger partial charge is 0.388 e. The molecule has 0 radical (unpaired) electrons. The molecule has 3 heteroatoms. The number of aryl methyl sites for hydroxylation is 1. The smallest absolute Gasteiger partial charge is 0.0858 e. The summed E-state index contributed by atoms with van der Waals surface area (Å²) in [5, 5.41) is 10.1. The van der Waals surface area contributed by atoms with Gasteiger partial charge in [0.05, 0.1) is 12.7 Å². The van der Waals surface area contributed by atoms with Gasteiger partial charge in [0, 0.05) is 30.5 Å². The van der Waals surface area contributed by atoms with Gasteiger partial charge in [0.1, 0.15) is 0 Å². The van der Waals surface area contributed by atoms with Crippen LogP contribution in [0.3, 0.4) is 0 Å². The second-order valence-corrected chi connectivity index (χ2v) is 3.80. The summed E-state index contributed by atoms with van der Waals surface area (Å²) in [5.41, 5.74) is 2.03. The van der Waals surface area contributed by atoms with Crippen molar-refractivity contribution in [3.63, 3.8) is 0 Å². The number of pyridine rings is 1. The lowest BCUT2D eigenvalue weighted by molar-refractivity contribution is 0.0911. The van der Waals surface area contributed by atoms with Crippen LogP contribution in [0.4, 0.5) is 0 Å². The highest BCUT2D eigenvalue weighted by atomic mass is 16.5. The van der Waals surface area contributed by atoms with Gasteiger partial charge in [-0.25, -0.2) is 0 Å². The molecule has 3 nitrogen and oxygen atoms in total. The fourth-order valence-electron chi connectivity index (χ4n) is 1.84. The maximum atomic E-state index is 10.1. The van der Waals surface area contributed by atoms with Crippen molar-refractivity contribution in [2.45, 2.75) is 19.4 Å². The number of hydrogen-bond acceptors (Lipinski definition) is 3. The molecule has 0 amide bonds. The van der Waals surface area contributed by atoms with Gasteiger partial charge < -0.3 is 9.84 Å². The Kier molecular flexibility index (Phi) is 2.79. The Morgan fingerprint density at radius 1 is 1.64 bits per heavy atom. The highest BCUT2D eigenvalue weighted by Crippen LogP contribution is 2.29. The molecule has 2 atom stereocenters. The molecule has 76 valence electrons. The lowest BCUT2D eigenvalue weighted by atomic mass is 9.94. The zero-order chi connectivity index (χ0) is 9.97. The molecular formula is C11H15NO2. The van der Waals surface area contributed by atoms with E-state index in [1.54, 1.807) is 12.4 Å². The molecule has 1 aliphatic heterocycles. The van der Waals surface area contributed by atoms with E-state index in [2.05, 4.69) is 4.98 Å². The van der Waals surface area contributed by atoms with Gasteiger partial charge in [-0.2, -0.15) is 0 Å². The second kappa shape index (κ2) is 4.07. The van der Waals surface area contributed by atoms with E-state index < -0.39 is 6.10 Å². The standard InChI is InChI=1S/C11H15NO2/c1-8-2-4-12-6-10(8)11(13)9-3-5-14-7-9/h2,4,6,9,11,13H,3,5,7H2,1H3. The molecule has 1 N–H and O–H groups in total. The van der Waals surface area contributed by atoms with Crippen molar-refractivity contribution in [2.24, 2.45) is 5.92 Å². The summed E-state index contributed by atoms with van der Waals surface area (Å²) in [4.78, 5) is 4.04. The molecular weight excluding hydrogens is 178 g/mol. The lowest BCUT2D eigenvalue weighted by Crippen LogP contribution is -2.13. The van der Waals surface area contributed by atoms with Gasteiger partial charge in [-0.1, -0.05) is 0 Å². The van der Waals surface area contributed by atoms with Gasteiger partial charge in [-0.15, -0.1) is 0 Å². The van der Waals surface area contributed by atoms with E-state index in [1.807, 2.05) is 13.0 Å². The second-order valence-electron chi connectivity index (χ2n) is 3.80. The molecule has 0 saturated carbocycles. The summed E-state index contributed by atoms with van der Waals surface area (Å²) in [5.74, 6) is 0.234. The van der Waals surface area contributed by atoms with Crippen LogP contribution in [-0.4, -0.2) is 23.3 Å². The zero-order valence-corrected chi connectivity index (χ0v) is 8.31. The Hall–Kier alpha value is -0.930. The minimum absolute atomic E-state index is 0.234. The number of aromatic nitrogens is 1. The van der Waals surface area contributed by atoms with Crippen LogP contribution in [-0.2, 0) is 4.74 Å².